The van der Waals surface area contributed by atoms with Gasteiger partial charge < -0.3 is 9.47 Å². The zero-order chi connectivity index (χ0) is 15.5. The molecule has 1 aromatic carbocycles. The van der Waals surface area contributed by atoms with E-state index in [0.717, 1.165) is 5.56 Å². The molecule has 0 saturated heterocycles. The van der Waals surface area contributed by atoms with Crippen LogP contribution in [0.5, 0.6) is 5.75 Å². The molecule has 21 heavy (non-hydrogen) atoms. The number of ether oxygens (including phenoxy) is 2. The molecule has 0 radical (unpaired) electrons. The number of esters is 1. The summed E-state index contributed by atoms with van der Waals surface area (Å²) < 4.78 is 10.5. The summed E-state index contributed by atoms with van der Waals surface area (Å²) in [6.07, 6.45) is 0. The standard InChI is InChI=1S/C17H20O3S/c1-17(2,3)13-7-5-12(6-8-13)11-20-14-9-10-21-15(14)16(18)19-4/h5-10H,11H2,1-4H3. The Kier molecular flexibility index (Phi) is 4.68. The van der Waals surface area contributed by atoms with Crippen LogP contribution in [0.3, 0.4) is 0 Å². The molecular formula is C17H20O3S. The number of rotatable bonds is 4. The Bertz CT molecular complexity index is 606. The summed E-state index contributed by atoms with van der Waals surface area (Å²) in [6, 6.07) is 10.1. The Morgan fingerprint density at radius 1 is 1.14 bits per heavy atom. The van der Waals surface area contributed by atoms with Crippen LogP contribution in [0.4, 0.5) is 0 Å². The van der Waals surface area contributed by atoms with E-state index in [4.69, 9.17) is 9.47 Å². The SMILES string of the molecule is COC(=O)c1sccc1OCc1ccc(C(C)(C)C)cc1. The molecule has 0 atom stereocenters. The van der Waals surface area contributed by atoms with E-state index in [2.05, 4.69) is 45.0 Å². The van der Waals surface area contributed by atoms with Gasteiger partial charge in [0.25, 0.3) is 0 Å². The van der Waals surface area contributed by atoms with Crippen LogP contribution in [0.2, 0.25) is 0 Å². The molecule has 0 aliphatic rings. The van der Waals surface area contributed by atoms with Gasteiger partial charge in [-0.3, -0.25) is 0 Å². The van der Waals surface area contributed by atoms with Gasteiger partial charge in [-0.15, -0.1) is 11.3 Å². The van der Waals surface area contributed by atoms with Crippen LogP contribution in [0.15, 0.2) is 35.7 Å². The Hall–Kier alpha value is -1.81. The first-order chi connectivity index (χ1) is 9.91. The minimum absolute atomic E-state index is 0.144. The minimum atomic E-state index is -0.358. The van der Waals surface area contributed by atoms with Crippen LogP contribution >= 0.6 is 11.3 Å². The van der Waals surface area contributed by atoms with Gasteiger partial charge >= 0.3 is 5.97 Å². The van der Waals surface area contributed by atoms with E-state index >= 15 is 0 Å². The molecule has 112 valence electrons. The highest BCUT2D eigenvalue weighted by Crippen LogP contribution is 2.27. The number of carbonyl (C=O) groups excluding carboxylic acids is 1. The van der Waals surface area contributed by atoms with Gasteiger partial charge in [0, 0.05) is 0 Å². The lowest BCUT2D eigenvalue weighted by molar-refractivity contribution is 0.0601. The summed E-state index contributed by atoms with van der Waals surface area (Å²) in [5.74, 6) is 0.217. The number of hydrogen-bond donors (Lipinski definition) is 0. The van der Waals surface area contributed by atoms with Crippen molar-refractivity contribution in [2.75, 3.05) is 7.11 Å². The zero-order valence-corrected chi connectivity index (χ0v) is 13.6. The molecule has 0 unspecified atom stereocenters. The van der Waals surface area contributed by atoms with E-state index in [1.54, 1.807) is 6.07 Å². The van der Waals surface area contributed by atoms with Gasteiger partial charge in [0.2, 0.25) is 0 Å². The average molecular weight is 304 g/mol. The molecule has 0 aliphatic heterocycles. The van der Waals surface area contributed by atoms with Gasteiger partial charge in [-0.05, 0) is 28.0 Å². The van der Waals surface area contributed by atoms with Crippen LogP contribution in [0.25, 0.3) is 0 Å². The first-order valence-corrected chi connectivity index (χ1v) is 7.68. The summed E-state index contributed by atoms with van der Waals surface area (Å²) in [7, 11) is 1.37. The molecule has 3 nitrogen and oxygen atoms in total. The Labute approximate surface area is 129 Å². The molecule has 4 heteroatoms. The Morgan fingerprint density at radius 3 is 2.38 bits per heavy atom. The fourth-order valence-corrected chi connectivity index (χ4v) is 2.67. The summed E-state index contributed by atoms with van der Waals surface area (Å²) >= 11 is 1.32. The molecule has 0 amide bonds. The predicted molar refractivity (Wildman–Crippen MR) is 85.1 cm³/mol. The fourth-order valence-electron chi connectivity index (χ4n) is 1.91. The van der Waals surface area contributed by atoms with Crippen molar-refractivity contribution in [1.82, 2.24) is 0 Å². The van der Waals surface area contributed by atoms with Crippen molar-refractivity contribution in [3.8, 4) is 5.75 Å². The molecule has 0 N–H and O–H groups in total. The van der Waals surface area contributed by atoms with Gasteiger partial charge in [-0.25, -0.2) is 4.79 Å². The summed E-state index contributed by atoms with van der Waals surface area (Å²) in [5.41, 5.74) is 2.51. The topological polar surface area (TPSA) is 35.5 Å². The third kappa shape index (κ3) is 3.85. The fraction of sp³-hybridized carbons (Fsp3) is 0.353. The quantitative estimate of drug-likeness (QED) is 0.785. The molecule has 1 aromatic heterocycles. The van der Waals surface area contributed by atoms with E-state index in [1.165, 1.54) is 24.0 Å². The second kappa shape index (κ2) is 6.31. The summed E-state index contributed by atoms with van der Waals surface area (Å²) in [5, 5.41) is 1.82. The van der Waals surface area contributed by atoms with Crippen molar-refractivity contribution in [2.24, 2.45) is 0 Å². The number of benzene rings is 1. The first-order valence-electron chi connectivity index (χ1n) is 6.80. The summed E-state index contributed by atoms with van der Waals surface area (Å²) in [6.45, 7) is 7.00. The number of carbonyl (C=O) groups is 1. The Morgan fingerprint density at radius 2 is 1.81 bits per heavy atom. The molecule has 1 heterocycles. The van der Waals surface area contributed by atoms with Crippen molar-refractivity contribution < 1.29 is 14.3 Å². The van der Waals surface area contributed by atoms with Crippen LogP contribution in [-0.2, 0) is 16.8 Å². The second-order valence-electron chi connectivity index (χ2n) is 5.84. The summed E-state index contributed by atoms with van der Waals surface area (Å²) in [4.78, 5) is 12.1. The molecule has 2 rings (SSSR count). The largest absolute Gasteiger partial charge is 0.487 e. The smallest absolute Gasteiger partial charge is 0.351 e. The monoisotopic (exact) mass is 304 g/mol. The maximum Gasteiger partial charge on any atom is 0.351 e. The van der Waals surface area contributed by atoms with Gasteiger partial charge in [0.1, 0.15) is 12.4 Å². The van der Waals surface area contributed by atoms with E-state index in [-0.39, 0.29) is 11.4 Å². The predicted octanol–water partition coefficient (Wildman–Crippen LogP) is 4.41. The molecule has 2 aromatic rings. The molecule has 0 saturated carbocycles. The molecule has 0 spiro atoms. The lowest BCUT2D eigenvalue weighted by atomic mass is 9.87. The highest BCUT2D eigenvalue weighted by atomic mass is 32.1. The second-order valence-corrected chi connectivity index (χ2v) is 6.76. The third-order valence-electron chi connectivity index (χ3n) is 3.21. The number of thiophene rings is 1. The van der Waals surface area contributed by atoms with Crippen LogP contribution in [-0.4, -0.2) is 13.1 Å². The lowest BCUT2D eigenvalue weighted by Gasteiger charge is -2.19. The van der Waals surface area contributed by atoms with Crippen molar-refractivity contribution in [3.05, 3.63) is 51.7 Å². The van der Waals surface area contributed by atoms with E-state index in [9.17, 15) is 4.79 Å². The van der Waals surface area contributed by atoms with Crippen molar-refractivity contribution in [1.29, 1.82) is 0 Å². The van der Waals surface area contributed by atoms with Crippen LogP contribution < -0.4 is 4.74 Å². The average Bonchev–Trinajstić information content (AvgIpc) is 2.92. The van der Waals surface area contributed by atoms with Gasteiger partial charge in [0.15, 0.2) is 4.88 Å². The van der Waals surface area contributed by atoms with Crippen molar-refractivity contribution in [2.45, 2.75) is 32.8 Å². The highest BCUT2D eigenvalue weighted by Gasteiger charge is 2.15. The highest BCUT2D eigenvalue weighted by molar-refractivity contribution is 7.12. The number of hydrogen-bond acceptors (Lipinski definition) is 4. The van der Waals surface area contributed by atoms with Gasteiger partial charge in [-0.1, -0.05) is 45.0 Å². The van der Waals surface area contributed by atoms with E-state index in [1.807, 2.05) is 5.38 Å². The first kappa shape index (κ1) is 15.6. The van der Waals surface area contributed by atoms with Gasteiger partial charge in [-0.2, -0.15) is 0 Å². The normalized spacial score (nSPS) is 11.2. The number of methoxy groups -OCH3 is 1. The molecular weight excluding hydrogens is 284 g/mol. The van der Waals surface area contributed by atoms with Crippen molar-refractivity contribution in [3.63, 3.8) is 0 Å². The maximum absolute atomic E-state index is 11.6. The van der Waals surface area contributed by atoms with Crippen molar-refractivity contribution >= 4 is 17.3 Å². The molecule has 0 bridgehead atoms. The zero-order valence-electron chi connectivity index (χ0n) is 12.8. The third-order valence-corrected chi connectivity index (χ3v) is 4.09. The Balaban J connectivity index is 2.04. The van der Waals surface area contributed by atoms with E-state index in [0.29, 0.717) is 17.2 Å². The maximum atomic E-state index is 11.6. The van der Waals surface area contributed by atoms with Gasteiger partial charge in [0.05, 0.1) is 7.11 Å². The molecule has 0 aliphatic carbocycles. The molecule has 0 fully saturated rings. The van der Waals surface area contributed by atoms with E-state index < -0.39 is 0 Å². The minimum Gasteiger partial charge on any atom is -0.487 e. The lowest BCUT2D eigenvalue weighted by Crippen LogP contribution is -2.11. The van der Waals surface area contributed by atoms with Crippen LogP contribution in [0, 0.1) is 0 Å². The van der Waals surface area contributed by atoms with Crippen LogP contribution in [0.1, 0.15) is 41.6 Å².